The Balaban J connectivity index is 2.35. The molecule has 3 heteroatoms. The molecule has 0 bridgehead atoms. The van der Waals surface area contributed by atoms with Crippen molar-refractivity contribution >= 4 is 0 Å². The fraction of sp³-hybridized carbons (Fsp3) is 0.538. The van der Waals surface area contributed by atoms with Gasteiger partial charge in [0.1, 0.15) is 12.4 Å². The lowest BCUT2D eigenvalue weighted by Crippen LogP contribution is -2.10. The molecule has 16 heavy (non-hydrogen) atoms. The van der Waals surface area contributed by atoms with Crippen molar-refractivity contribution in [3.63, 3.8) is 0 Å². The summed E-state index contributed by atoms with van der Waals surface area (Å²) in [6, 6.07) is 8.24. The first-order valence-corrected chi connectivity index (χ1v) is 5.98. The van der Waals surface area contributed by atoms with Crippen LogP contribution in [0.2, 0.25) is 0 Å². The predicted octanol–water partition coefficient (Wildman–Crippen LogP) is 1.70. The van der Waals surface area contributed by atoms with E-state index in [-0.39, 0.29) is 0 Å². The van der Waals surface area contributed by atoms with E-state index < -0.39 is 0 Å². The van der Waals surface area contributed by atoms with Crippen LogP contribution in [0.15, 0.2) is 24.3 Å². The third-order valence-electron chi connectivity index (χ3n) is 2.45. The second-order valence-electron chi connectivity index (χ2n) is 3.88. The van der Waals surface area contributed by atoms with Gasteiger partial charge in [-0.15, -0.1) is 0 Å². The zero-order valence-electron chi connectivity index (χ0n) is 9.82. The minimum atomic E-state index is 0.556. The van der Waals surface area contributed by atoms with Crippen LogP contribution in [0.4, 0.5) is 0 Å². The molecule has 3 nitrogen and oxygen atoms in total. The van der Waals surface area contributed by atoms with E-state index in [2.05, 4.69) is 12.1 Å². The first-order valence-electron chi connectivity index (χ1n) is 5.98. The number of rotatable bonds is 8. The van der Waals surface area contributed by atoms with Crippen molar-refractivity contribution in [2.45, 2.75) is 25.7 Å². The molecule has 1 rings (SSSR count). The zero-order chi connectivity index (χ0) is 11.6. The van der Waals surface area contributed by atoms with Gasteiger partial charge in [-0.3, -0.25) is 0 Å². The Bertz CT molecular complexity index is 289. The summed E-state index contributed by atoms with van der Waals surface area (Å²) in [5.74, 6) is 0.918. The monoisotopic (exact) mass is 222 g/mol. The van der Waals surface area contributed by atoms with E-state index in [1.807, 2.05) is 12.1 Å². The second-order valence-corrected chi connectivity index (χ2v) is 3.88. The van der Waals surface area contributed by atoms with E-state index >= 15 is 0 Å². The number of ether oxygens (including phenoxy) is 1. The van der Waals surface area contributed by atoms with Crippen LogP contribution in [-0.2, 0) is 6.42 Å². The molecule has 0 aliphatic rings. The lowest BCUT2D eigenvalue weighted by Gasteiger charge is -2.06. The highest BCUT2D eigenvalue weighted by Gasteiger charge is 1.97. The molecule has 0 saturated heterocycles. The Labute approximate surface area is 97.8 Å². The number of benzene rings is 1. The van der Waals surface area contributed by atoms with Crippen molar-refractivity contribution in [1.82, 2.24) is 0 Å². The zero-order valence-corrected chi connectivity index (χ0v) is 9.82. The standard InChI is InChI=1S/C13H22N2O/c14-8-3-1-2-5-12-6-4-7-13(11-12)16-10-9-15/h4,6-7,11H,1-3,5,8-10,14-15H2. The fourth-order valence-corrected chi connectivity index (χ4v) is 1.62. The minimum absolute atomic E-state index is 0.556. The Morgan fingerprint density at radius 3 is 2.62 bits per heavy atom. The van der Waals surface area contributed by atoms with E-state index in [1.54, 1.807) is 0 Å². The van der Waals surface area contributed by atoms with Gasteiger partial charge in [-0.1, -0.05) is 18.6 Å². The van der Waals surface area contributed by atoms with Gasteiger partial charge in [0.25, 0.3) is 0 Å². The first kappa shape index (κ1) is 13.0. The van der Waals surface area contributed by atoms with E-state index in [0.717, 1.165) is 25.1 Å². The number of hydrogen-bond acceptors (Lipinski definition) is 3. The van der Waals surface area contributed by atoms with Crippen molar-refractivity contribution in [2.75, 3.05) is 19.7 Å². The average molecular weight is 222 g/mol. The lowest BCUT2D eigenvalue weighted by atomic mass is 10.1. The molecule has 0 heterocycles. The molecule has 0 atom stereocenters. The Kier molecular flexibility index (Phi) is 6.61. The summed E-state index contributed by atoms with van der Waals surface area (Å²) in [5, 5.41) is 0. The summed E-state index contributed by atoms with van der Waals surface area (Å²) in [7, 11) is 0. The summed E-state index contributed by atoms with van der Waals surface area (Å²) in [6.45, 7) is 1.93. The van der Waals surface area contributed by atoms with Crippen molar-refractivity contribution in [3.8, 4) is 5.75 Å². The normalized spacial score (nSPS) is 10.4. The second kappa shape index (κ2) is 8.13. The molecule has 4 N–H and O–H groups in total. The first-order chi connectivity index (χ1) is 7.86. The van der Waals surface area contributed by atoms with Crippen LogP contribution >= 0.6 is 0 Å². The molecule has 0 radical (unpaired) electrons. The third-order valence-corrected chi connectivity index (χ3v) is 2.45. The number of hydrogen-bond donors (Lipinski definition) is 2. The molecule has 0 amide bonds. The molecule has 0 fully saturated rings. The number of nitrogens with two attached hydrogens (primary N) is 2. The van der Waals surface area contributed by atoms with Gasteiger partial charge in [0, 0.05) is 6.54 Å². The van der Waals surface area contributed by atoms with E-state index in [4.69, 9.17) is 16.2 Å². The molecule has 0 aromatic heterocycles. The van der Waals surface area contributed by atoms with Crippen LogP contribution in [0.25, 0.3) is 0 Å². The summed E-state index contributed by atoms with van der Waals surface area (Å²) >= 11 is 0. The molecular weight excluding hydrogens is 200 g/mol. The Morgan fingerprint density at radius 1 is 1.00 bits per heavy atom. The van der Waals surface area contributed by atoms with Gasteiger partial charge in [-0.25, -0.2) is 0 Å². The quantitative estimate of drug-likeness (QED) is 0.658. The lowest BCUT2D eigenvalue weighted by molar-refractivity contribution is 0.328. The van der Waals surface area contributed by atoms with Gasteiger partial charge < -0.3 is 16.2 Å². The molecule has 0 aliphatic heterocycles. The van der Waals surface area contributed by atoms with Gasteiger partial charge in [0.15, 0.2) is 0 Å². The van der Waals surface area contributed by atoms with Crippen LogP contribution in [0.5, 0.6) is 5.75 Å². The molecule has 0 unspecified atom stereocenters. The maximum Gasteiger partial charge on any atom is 0.119 e. The van der Waals surface area contributed by atoms with Crippen molar-refractivity contribution in [3.05, 3.63) is 29.8 Å². The molecule has 90 valence electrons. The average Bonchev–Trinajstić information content (AvgIpc) is 2.33. The molecule has 0 aliphatic carbocycles. The van der Waals surface area contributed by atoms with Crippen LogP contribution in [0.3, 0.4) is 0 Å². The van der Waals surface area contributed by atoms with Crippen LogP contribution in [0.1, 0.15) is 24.8 Å². The summed E-state index contributed by atoms with van der Waals surface area (Å²) in [5.41, 5.74) is 12.2. The molecular formula is C13H22N2O. The fourth-order valence-electron chi connectivity index (χ4n) is 1.62. The highest BCUT2D eigenvalue weighted by atomic mass is 16.5. The highest BCUT2D eigenvalue weighted by molar-refractivity contribution is 5.28. The van der Waals surface area contributed by atoms with E-state index in [9.17, 15) is 0 Å². The maximum absolute atomic E-state index is 5.48. The topological polar surface area (TPSA) is 61.3 Å². The molecule has 1 aromatic carbocycles. The molecule has 1 aromatic rings. The predicted molar refractivity (Wildman–Crippen MR) is 67.6 cm³/mol. The molecule has 0 spiro atoms. The van der Waals surface area contributed by atoms with Crippen molar-refractivity contribution < 1.29 is 4.74 Å². The summed E-state index contributed by atoms with van der Waals surface area (Å²) < 4.78 is 5.48. The SMILES string of the molecule is NCCCCCc1cccc(OCCN)c1. The largest absolute Gasteiger partial charge is 0.492 e. The van der Waals surface area contributed by atoms with Crippen LogP contribution < -0.4 is 16.2 Å². The van der Waals surface area contributed by atoms with Gasteiger partial charge in [-0.05, 0) is 43.5 Å². The highest BCUT2D eigenvalue weighted by Crippen LogP contribution is 2.15. The van der Waals surface area contributed by atoms with E-state index in [1.165, 1.54) is 18.4 Å². The van der Waals surface area contributed by atoms with Crippen molar-refractivity contribution in [2.24, 2.45) is 11.5 Å². The summed E-state index contributed by atoms with van der Waals surface area (Å²) in [4.78, 5) is 0. The van der Waals surface area contributed by atoms with Gasteiger partial charge >= 0.3 is 0 Å². The van der Waals surface area contributed by atoms with Gasteiger partial charge in [0.2, 0.25) is 0 Å². The minimum Gasteiger partial charge on any atom is -0.492 e. The van der Waals surface area contributed by atoms with Crippen LogP contribution in [-0.4, -0.2) is 19.7 Å². The molecule has 0 saturated carbocycles. The Hall–Kier alpha value is -1.06. The van der Waals surface area contributed by atoms with Crippen LogP contribution in [0, 0.1) is 0 Å². The van der Waals surface area contributed by atoms with Gasteiger partial charge in [-0.2, -0.15) is 0 Å². The summed E-state index contributed by atoms with van der Waals surface area (Å²) in [6.07, 6.45) is 4.60. The van der Waals surface area contributed by atoms with E-state index in [0.29, 0.717) is 13.2 Å². The third kappa shape index (κ3) is 5.14. The maximum atomic E-state index is 5.48. The Morgan fingerprint density at radius 2 is 1.88 bits per heavy atom. The number of unbranched alkanes of at least 4 members (excludes halogenated alkanes) is 2. The number of aryl methyl sites for hydroxylation is 1. The van der Waals surface area contributed by atoms with Gasteiger partial charge in [0.05, 0.1) is 0 Å². The smallest absolute Gasteiger partial charge is 0.119 e. The van der Waals surface area contributed by atoms with Crippen molar-refractivity contribution in [1.29, 1.82) is 0 Å².